The van der Waals surface area contributed by atoms with Crippen LogP contribution in [-0.2, 0) is 6.42 Å². The summed E-state index contributed by atoms with van der Waals surface area (Å²) in [5.41, 5.74) is 8.76. The van der Waals surface area contributed by atoms with Gasteiger partial charge >= 0.3 is 0 Å². The first-order valence-corrected chi connectivity index (χ1v) is 8.20. The van der Waals surface area contributed by atoms with Crippen LogP contribution in [0.25, 0.3) is 11.4 Å². The first-order valence-electron chi connectivity index (χ1n) is 7.82. The average Bonchev–Trinajstić information content (AvgIpc) is 3.04. The SMILES string of the molecule is Cc1cccc(NC(N)=NCCc2nc(-c3cccc(Cl)c3)no2)c1.I. The van der Waals surface area contributed by atoms with Crippen LogP contribution in [0, 0.1) is 6.92 Å². The van der Waals surface area contributed by atoms with Gasteiger partial charge in [0.25, 0.3) is 0 Å². The van der Waals surface area contributed by atoms with Crippen molar-refractivity contribution in [1.29, 1.82) is 0 Å². The second-order valence-corrected chi connectivity index (χ2v) is 5.97. The molecule has 0 radical (unpaired) electrons. The molecule has 0 unspecified atom stereocenters. The number of nitrogens with one attached hydrogen (secondary N) is 1. The molecule has 0 spiro atoms. The monoisotopic (exact) mass is 483 g/mol. The van der Waals surface area contributed by atoms with Gasteiger partial charge in [-0.2, -0.15) is 4.98 Å². The lowest BCUT2D eigenvalue weighted by atomic mass is 10.2. The zero-order valence-electron chi connectivity index (χ0n) is 14.1. The molecular weight excluding hydrogens is 465 g/mol. The smallest absolute Gasteiger partial charge is 0.228 e. The molecule has 0 aliphatic heterocycles. The number of nitrogens with zero attached hydrogens (tertiary/aromatic N) is 3. The molecule has 0 fully saturated rings. The predicted molar refractivity (Wildman–Crippen MR) is 115 cm³/mol. The number of benzene rings is 2. The molecule has 0 saturated heterocycles. The minimum absolute atomic E-state index is 0. The van der Waals surface area contributed by atoms with E-state index in [1.54, 1.807) is 12.1 Å². The lowest BCUT2D eigenvalue weighted by molar-refractivity contribution is 0.380. The Morgan fingerprint density at radius 1 is 1.23 bits per heavy atom. The van der Waals surface area contributed by atoms with Crippen LogP contribution in [0.5, 0.6) is 0 Å². The summed E-state index contributed by atoms with van der Waals surface area (Å²) in [7, 11) is 0. The molecule has 1 aromatic heterocycles. The van der Waals surface area contributed by atoms with Crippen molar-refractivity contribution in [3.05, 3.63) is 65.0 Å². The van der Waals surface area contributed by atoms with Crippen LogP contribution in [-0.4, -0.2) is 22.6 Å². The fraction of sp³-hybridized carbons (Fsp3) is 0.167. The maximum Gasteiger partial charge on any atom is 0.228 e. The van der Waals surface area contributed by atoms with E-state index in [0.29, 0.717) is 35.7 Å². The van der Waals surface area contributed by atoms with E-state index in [-0.39, 0.29) is 24.0 Å². The highest BCUT2D eigenvalue weighted by Crippen LogP contribution is 2.20. The van der Waals surface area contributed by atoms with E-state index in [2.05, 4.69) is 20.4 Å². The van der Waals surface area contributed by atoms with Gasteiger partial charge in [-0.05, 0) is 36.8 Å². The van der Waals surface area contributed by atoms with Crippen LogP contribution in [0.1, 0.15) is 11.5 Å². The molecule has 0 amide bonds. The predicted octanol–water partition coefficient (Wildman–Crippen LogP) is 4.29. The highest BCUT2D eigenvalue weighted by Gasteiger charge is 2.08. The molecule has 6 nitrogen and oxygen atoms in total. The summed E-state index contributed by atoms with van der Waals surface area (Å²) < 4.78 is 5.24. The Kier molecular flexibility index (Phi) is 7.40. The highest BCUT2D eigenvalue weighted by molar-refractivity contribution is 14.0. The molecule has 0 aliphatic carbocycles. The topological polar surface area (TPSA) is 89.3 Å². The van der Waals surface area contributed by atoms with Crippen molar-refractivity contribution in [1.82, 2.24) is 10.1 Å². The van der Waals surface area contributed by atoms with Gasteiger partial charge in [-0.1, -0.05) is 41.0 Å². The van der Waals surface area contributed by atoms with E-state index in [9.17, 15) is 0 Å². The lowest BCUT2D eigenvalue weighted by Gasteiger charge is -2.05. The summed E-state index contributed by atoms with van der Waals surface area (Å²) >= 11 is 5.97. The number of hydrogen-bond acceptors (Lipinski definition) is 4. The maximum atomic E-state index is 5.97. The quantitative estimate of drug-likeness (QED) is 0.321. The minimum atomic E-state index is 0. The summed E-state index contributed by atoms with van der Waals surface area (Å²) in [6.45, 7) is 2.47. The Morgan fingerprint density at radius 2 is 2.04 bits per heavy atom. The van der Waals surface area contributed by atoms with Gasteiger partial charge in [0.05, 0.1) is 6.54 Å². The molecule has 3 aromatic rings. The van der Waals surface area contributed by atoms with Crippen molar-refractivity contribution >= 4 is 47.2 Å². The zero-order chi connectivity index (χ0) is 17.6. The van der Waals surface area contributed by atoms with Gasteiger partial charge in [-0.3, -0.25) is 4.99 Å². The summed E-state index contributed by atoms with van der Waals surface area (Å²) in [4.78, 5) is 8.62. The normalized spacial score (nSPS) is 11.1. The Balaban J connectivity index is 0.00000243. The Bertz CT molecular complexity index is 897. The standard InChI is InChI=1S/C18H18ClN5O.HI/c1-12-4-2-7-15(10-12)22-18(20)21-9-8-16-23-17(24-25-16)13-5-3-6-14(19)11-13;/h2-7,10-11H,8-9H2,1H3,(H3,20,21,22);1H. The third-order valence-corrected chi connectivity index (χ3v) is 3.68. The second kappa shape index (κ2) is 9.54. The first-order chi connectivity index (χ1) is 12.1. The number of guanidine groups is 1. The van der Waals surface area contributed by atoms with Crippen LogP contribution in [0.3, 0.4) is 0 Å². The number of halogens is 2. The summed E-state index contributed by atoms with van der Waals surface area (Å²) in [6.07, 6.45) is 0.504. The number of aromatic nitrogens is 2. The Morgan fingerprint density at radius 3 is 2.81 bits per heavy atom. The number of aryl methyl sites for hydroxylation is 1. The molecule has 0 saturated carbocycles. The van der Waals surface area contributed by atoms with Crippen molar-refractivity contribution in [2.75, 3.05) is 11.9 Å². The largest absolute Gasteiger partial charge is 0.370 e. The first kappa shape index (κ1) is 20.2. The second-order valence-electron chi connectivity index (χ2n) is 5.53. The van der Waals surface area contributed by atoms with Crippen LogP contribution >= 0.6 is 35.6 Å². The van der Waals surface area contributed by atoms with E-state index in [4.69, 9.17) is 21.9 Å². The van der Waals surface area contributed by atoms with Gasteiger partial charge in [0.1, 0.15) is 0 Å². The molecule has 8 heteroatoms. The molecule has 0 bridgehead atoms. The van der Waals surface area contributed by atoms with Gasteiger partial charge in [-0.25, -0.2) is 0 Å². The molecule has 26 heavy (non-hydrogen) atoms. The minimum Gasteiger partial charge on any atom is -0.370 e. The van der Waals surface area contributed by atoms with Crippen molar-refractivity contribution in [3.8, 4) is 11.4 Å². The fourth-order valence-electron chi connectivity index (χ4n) is 2.28. The summed E-state index contributed by atoms with van der Waals surface area (Å²) in [6, 6.07) is 15.2. The maximum absolute atomic E-state index is 5.97. The highest BCUT2D eigenvalue weighted by atomic mass is 127. The number of hydrogen-bond donors (Lipinski definition) is 2. The number of aliphatic imine (C=N–C) groups is 1. The zero-order valence-corrected chi connectivity index (χ0v) is 17.2. The van der Waals surface area contributed by atoms with E-state index in [0.717, 1.165) is 16.8 Å². The van der Waals surface area contributed by atoms with Gasteiger partial charge in [0.15, 0.2) is 5.96 Å². The lowest BCUT2D eigenvalue weighted by Crippen LogP contribution is -2.23. The van der Waals surface area contributed by atoms with E-state index in [1.165, 1.54) is 0 Å². The van der Waals surface area contributed by atoms with Crippen LogP contribution < -0.4 is 11.1 Å². The van der Waals surface area contributed by atoms with Crippen molar-refractivity contribution < 1.29 is 4.52 Å². The number of anilines is 1. The summed E-state index contributed by atoms with van der Waals surface area (Å²) in [5.74, 6) is 1.36. The van der Waals surface area contributed by atoms with Crippen LogP contribution in [0.4, 0.5) is 5.69 Å². The van der Waals surface area contributed by atoms with Gasteiger partial charge in [0, 0.05) is 22.7 Å². The van der Waals surface area contributed by atoms with E-state index in [1.807, 2.05) is 43.3 Å². The van der Waals surface area contributed by atoms with Gasteiger partial charge < -0.3 is 15.6 Å². The van der Waals surface area contributed by atoms with Crippen molar-refractivity contribution in [2.24, 2.45) is 10.7 Å². The molecule has 136 valence electrons. The van der Waals surface area contributed by atoms with E-state index < -0.39 is 0 Å². The Hall–Kier alpha value is -2.13. The third kappa shape index (κ3) is 5.70. The number of nitrogens with two attached hydrogens (primary N) is 1. The molecule has 3 N–H and O–H groups in total. The van der Waals surface area contributed by atoms with Gasteiger partial charge in [0.2, 0.25) is 11.7 Å². The number of rotatable bonds is 5. The molecule has 0 atom stereocenters. The van der Waals surface area contributed by atoms with Crippen molar-refractivity contribution in [2.45, 2.75) is 13.3 Å². The van der Waals surface area contributed by atoms with Gasteiger partial charge in [-0.15, -0.1) is 24.0 Å². The molecule has 3 rings (SSSR count). The van der Waals surface area contributed by atoms with Crippen LogP contribution in [0.15, 0.2) is 58.0 Å². The molecular formula is C18H19ClIN5O. The van der Waals surface area contributed by atoms with E-state index >= 15 is 0 Å². The molecule has 2 aromatic carbocycles. The summed E-state index contributed by atoms with van der Waals surface area (Å²) in [5, 5.41) is 7.64. The average molecular weight is 484 g/mol. The van der Waals surface area contributed by atoms with Crippen molar-refractivity contribution in [3.63, 3.8) is 0 Å². The van der Waals surface area contributed by atoms with Crippen LogP contribution in [0.2, 0.25) is 5.02 Å². The third-order valence-electron chi connectivity index (χ3n) is 3.45. The fourth-order valence-corrected chi connectivity index (χ4v) is 2.47. The Labute approximate surface area is 173 Å². The molecule has 1 heterocycles. The molecule has 0 aliphatic rings.